The Kier molecular flexibility index (Phi) is 14.5. The fraction of sp³-hybridized carbons (Fsp3) is 0.483. The molecule has 2 atom stereocenters. The minimum absolute atomic E-state index is 0.0616. The van der Waals surface area contributed by atoms with Crippen molar-refractivity contribution in [3.05, 3.63) is 65.7 Å². The van der Waals surface area contributed by atoms with Crippen molar-refractivity contribution in [2.45, 2.75) is 71.4 Å². The van der Waals surface area contributed by atoms with Crippen LogP contribution in [0.4, 0.5) is 0 Å². The molecule has 0 aromatic heterocycles. The van der Waals surface area contributed by atoms with Gasteiger partial charge in [-0.25, -0.2) is 13.5 Å². The first kappa shape index (κ1) is 33.0. The number of unbranched alkanes of at least 4 members (excludes halogenated alkanes) is 1. The first-order chi connectivity index (χ1) is 17.9. The smallest absolute Gasteiger partial charge is 0.233 e. The number of sulfone groups is 1. The molecular weight excluding hydrogens is 504 g/mol. The van der Waals surface area contributed by atoms with Gasteiger partial charge in [0.25, 0.3) is 0 Å². The van der Waals surface area contributed by atoms with Crippen LogP contribution >= 0.6 is 0 Å². The van der Waals surface area contributed by atoms with Crippen LogP contribution in [0, 0.1) is 11.8 Å². The first-order valence-corrected chi connectivity index (χ1v) is 14.8. The maximum absolute atomic E-state index is 13.0. The Hall–Kier alpha value is -3.04. The van der Waals surface area contributed by atoms with E-state index in [0.717, 1.165) is 35.6 Å². The minimum Gasteiger partial charge on any atom is -0.346 e. The SMILES string of the molecule is CC(C)C.CCCCC(CN(C=O)OCc1ccccc1)C(=O)NC(C)C(=O)c1ccc(S(C)(=O)=O)cc1. The summed E-state index contributed by atoms with van der Waals surface area (Å²) in [5.41, 5.74) is 1.19. The average Bonchev–Trinajstić information content (AvgIpc) is 2.87. The zero-order valence-corrected chi connectivity index (χ0v) is 24.2. The van der Waals surface area contributed by atoms with Gasteiger partial charge in [0.1, 0.15) is 6.61 Å². The molecule has 0 heterocycles. The predicted octanol–water partition coefficient (Wildman–Crippen LogP) is 4.84. The molecular formula is C29H42N2O6S. The summed E-state index contributed by atoms with van der Waals surface area (Å²) in [5.74, 6) is -0.406. The van der Waals surface area contributed by atoms with Gasteiger partial charge in [-0.3, -0.25) is 19.2 Å². The third-order valence-electron chi connectivity index (χ3n) is 5.35. The molecule has 0 radical (unpaired) electrons. The molecule has 2 aromatic carbocycles. The molecule has 2 rings (SSSR count). The highest BCUT2D eigenvalue weighted by Crippen LogP contribution is 2.15. The fourth-order valence-electron chi connectivity index (χ4n) is 3.34. The second-order valence-corrected chi connectivity index (χ2v) is 11.9. The highest BCUT2D eigenvalue weighted by atomic mass is 32.2. The number of carbonyl (C=O) groups excluding carboxylic acids is 3. The van der Waals surface area contributed by atoms with Crippen LogP contribution in [-0.2, 0) is 30.9 Å². The summed E-state index contributed by atoms with van der Waals surface area (Å²) < 4.78 is 23.2. The summed E-state index contributed by atoms with van der Waals surface area (Å²) in [4.78, 5) is 43.0. The van der Waals surface area contributed by atoms with E-state index >= 15 is 0 Å². The molecule has 8 nitrogen and oxygen atoms in total. The summed E-state index contributed by atoms with van der Waals surface area (Å²) in [6, 6.07) is 14.1. The number of hydroxylamine groups is 2. The maximum atomic E-state index is 13.0. The first-order valence-electron chi connectivity index (χ1n) is 12.9. The van der Waals surface area contributed by atoms with Gasteiger partial charge in [-0.15, -0.1) is 0 Å². The van der Waals surface area contributed by atoms with Gasteiger partial charge in [-0.2, -0.15) is 0 Å². The standard InChI is InChI=1S/C25H32N2O6S.C4H10/c1-4-5-11-22(16-27(18-28)33-17-20-9-7-6-8-10-20)25(30)26-19(2)24(29)21-12-14-23(15-13-21)34(3,31)32;1-4(2)3/h6-10,12-15,18-19,22H,4-5,11,16-17H2,1-3H3,(H,26,30);4H,1-3H3. The number of ketones is 1. The third kappa shape index (κ3) is 12.5. The maximum Gasteiger partial charge on any atom is 0.233 e. The monoisotopic (exact) mass is 546 g/mol. The van der Waals surface area contributed by atoms with Crippen LogP contribution in [-0.4, -0.2) is 50.4 Å². The molecule has 0 fully saturated rings. The van der Waals surface area contributed by atoms with E-state index in [0.29, 0.717) is 18.4 Å². The van der Waals surface area contributed by atoms with Crippen LogP contribution in [0.1, 0.15) is 69.8 Å². The van der Waals surface area contributed by atoms with E-state index in [1.54, 1.807) is 6.92 Å². The number of nitrogens with zero attached hydrogens (tertiary/aromatic N) is 1. The molecule has 1 N–H and O–H groups in total. The number of nitrogens with one attached hydrogen (secondary N) is 1. The molecule has 2 amide bonds. The Bertz CT molecular complexity index is 1100. The van der Waals surface area contributed by atoms with Crippen molar-refractivity contribution in [1.29, 1.82) is 0 Å². The molecule has 0 aliphatic rings. The Labute approximate surface area is 227 Å². The van der Waals surface area contributed by atoms with Gasteiger partial charge < -0.3 is 5.32 Å². The molecule has 2 aromatic rings. The molecule has 0 aliphatic carbocycles. The molecule has 9 heteroatoms. The zero-order valence-electron chi connectivity index (χ0n) is 23.3. The Balaban J connectivity index is 0.00000168. The van der Waals surface area contributed by atoms with Crippen molar-refractivity contribution in [1.82, 2.24) is 10.4 Å². The molecule has 210 valence electrons. The van der Waals surface area contributed by atoms with Crippen molar-refractivity contribution in [2.75, 3.05) is 12.8 Å². The van der Waals surface area contributed by atoms with E-state index in [1.807, 2.05) is 37.3 Å². The topological polar surface area (TPSA) is 110 Å². The molecule has 0 saturated carbocycles. The number of Topliss-reactive ketones (excluding diaryl/α,β-unsaturated/α-hetero) is 1. The van der Waals surface area contributed by atoms with Crippen LogP contribution in [0.2, 0.25) is 0 Å². The van der Waals surface area contributed by atoms with Gasteiger partial charge in [0, 0.05) is 11.8 Å². The molecule has 0 aliphatic heterocycles. The zero-order chi connectivity index (χ0) is 28.7. The fourth-order valence-corrected chi connectivity index (χ4v) is 3.97. The van der Waals surface area contributed by atoms with Crippen molar-refractivity contribution in [3.63, 3.8) is 0 Å². The lowest BCUT2D eigenvalue weighted by Crippen LogP contribution is -2.45. The minimum atomic E-state index is -3.37. The van der Waals surface area contributed by atoms with Gasteiger partial charge in [0.2, 0.25) is 12.3 Å². The van der Waals surface area contributed by atoms with E-state index in [1.165, 1.54) is 24.3 Å². The molecule has 0 spiro atoms. The second-order valence-electron chi connectivity index (χ2n) is 9.93. The van der Waals surface area contributed by atoms with Crippen LogP contribution in [0.5, 0.6) is 0 Å². The van der Waals surface area contributed by atoms with Gasteiger partial charge in [0.05, 0.1) is 23.4 Å². The molecule has 0 bridgehead atoms. The highest BCUT2D eigenvalue weighted by molar-refractivity contribution is 7.90. The number of hydrogen-bond donors (Lipinski definition) is 1. The van der Waals surface area contributed by atoms with Crippen LogP contribution in [0.3, 0.4) is 0 Å². The van der Waals surface area contributed by atoms with E-state index in [4.69, 9.17) is 4.84 Å². The van der Waals surface area contributed by atoms with Crippen molar-refractivity contribution >= 4 is 27.9 Å². The Morgan fingerprint density at radius 2 is 1.58 bits per heavy atom. The largest absolute Gasteiger partial charge is 0.346 e. The van der Waals surface area contributed by atoms with Crippen molar-refractivity contribution < 1.29 is 27.6 Å². The predicted molar refractivity (Wildman–Crippen MR) is 149 cm³/mol. The molecule has 2 unspecified atom stereocenters. The highest BCUT2D eigenvalue weighted by Gasteiger charge is 2.25. The number of carbonyl (C=O) groups is 3. The van der Waals surface area contributed by atoms with Crippen LogP contribution in [0.25, 0.3) is 0 Å². The summed E-state index contributed by atoms with van der Waals surface area (Å²) in [7, 11) is -3.37. The number of benzene rings is 2. The lowest BCUT2D eigenvalue weighted by molar-refractivity contribution is -0.182. The van der Waals surface area contributed by atoms with Gasteiger partial charge >= 0.3 is 0 Å². The normalized spacial score (nSPS) is 12.6. The summed E-state index contributed by atoms with van der Waals surface area (Å²) in [6.07, 6.45) is 3.82. The van der Waals surface area contributed by atoms with E-state index in [-0.39, 0.29) is 29.7 Å². The van der Waals surface area contributed by atoms with Gasteiger partial charge in [-0.05, 0) is 37.0 Å². The average molecular weight is 547 g/mol. The Morgan fingerprint density at radius 1 is 1.00 bits per heavy atom. The number of hydrogen-bond acceptors (Lipinski definition) is 6. The summed E-state index contributed by atoms with van der Waals surface area (Å²) in [5, 5.41) is 3.84. The van der Waals surface area contributed by atoms with E-state index in [9.17, 15) is 22.8 Å². The third-order valence-corrected chi connectivity index (χ3v) is 6.48. The lowest BCUT2D eigenvalue weighted by atomic mass is 9.99. The van der Waals surface area contributed by atoms with Crippen molar-refractivity contribution in [3.8, 4) is 0 Å². The Morgan fingerprint density at radius 3 is 2.08 bits per heavy atom. The number of amides is 2. The molecule has 38 heavy (non-hydrogen) atoms. The quantitative estimate of drug-likeness (QED) is 0.206. The van der Waals surface area contributed by atoms with Gasteiger partial charge in [-0.1, -0.05) is 83.0 Å². The van der Waals surface area contributed by atoms with Crippen LogP contribution in [0.15, 0.2) is 59.5 Å². The van der Waals surface area contributed by atoms with Gasteiger partial charge in [0.15, 0.2) is 15.6 Å². The van der Waals surface area contributed by atoms with Crippen LogP contribution < -0.4 is 5.32 Å². The number of rotatable bonds is 14. The second kappa shape index (κ2) is 16.7. The molecule has 0 saturated heterocycles. The summed E-state index contributed by atoms with van der Waals surface area (Å²) in [6.45, 7) is 10.3. The van der Waals surface area contributed by atoms with E-state index in [2.05, 4.69) is 26.1 Å². The lowest BCUT2D eigenvalue weighted by Gasteiger charge is -2.24. The van der Waals surface area contributed by atoms with Crippen molar-refractivity contribution in [2.24, 2.45) is 11.8 Å². The van der Waals surface area contributed by atoms with E-state index < -0.39 is 21.8 Å². The summed E-state index contributed by atoms with van der Waals surface area (Å²) >= 11 is 0.